The first-order chi connectivity index (χ1) is 10.8. The first kappa shape index (κ1) is 13.5. The quantitative estimate of drug-likeness (QED) is 0.832. The summed E-state index contributed by atoms with van der Waals surface area (Å²) in [5.41, 5.74) is 1.19. The highest BCUT2D eigenvalue weighted by Crippen LogP contribution is 2.34. The Morgan fingerprint density at radius 1 is 1.18 bits per heavy atom. The molecule has 7 nitrogen and oxygen atoms in total. The van der Waals surface area contributed by atoms with Gasteiger partial charge in [0, 0.05) is 6.54 Å². The molecule has 1 aromatic heterocycles. The summed E-state index contributed by atoms with van der Waals surface area (Å²) < 4.78 is 13.1. The molecule has 1 aliphatic heterocycles. The largest absolute Gasteiger partial charge is 0.486 e. The van der Waals surface area contributed by atoms with Gasteiger partial charge in [-0.2, -0.15) is 0 Å². The van der Waals surface area contributed by atoms with E-state index in [0.29, 0.717) is 19.3 Å². The zero-order valence-electron chi connectivity index (χ0n) is 12.6. The van der Waals surface area contributed by atoms with Crippen LogP contribution in [0.25, 0.3) is 0 Å². The first-order valence-corrected chi connectivity index (χ1v) is 7.63. The summed E-state index contributed by atoms with van der Waals surface area (Å²) in [6, 6.07) is 6.61. The lowest BCUT2D eigenvalue weighted by Gasteiger charge is -2.20. The number of tetrazole rings is 1. The highest BCUT2D eigenvalue weighted by molar-refractivity contribution is 5.43. The molecule has 0 unspecified atom stereocenters. The maximum absolute atomic E-state index is 5.63. The number of hydrogen-bond donors (Lipinski definition) is 0. The van der Waals surface area contributed by atoms with Gasteiger partial charge in [0.05, 0.1) is 12.6 Å². The van der Waals surface area contributed by atoms with Gasteiger partial charge in [-0.25, -0.2) is 4.68 Å². The van der Waals surface area contributed by atoms with Crippen molar-refractivity contribution in [1.82, 2.24) is 25.1 Å². The maximum Gasteiger partial charge on any atom is 0.165 e. The molecule has 2 heterocycles. The summed E-state index contributed by atoms with van der Waals surface area (Å²) in [6.45, 7) is 2.78. The number of hydrogen-bond acceptors (Lipinski definition) is 6. The van der Waals surface area contributed by atoms with Crippen LogP contribution >= 0.6 is 0 Å². The van der Waals surface area contributed by atoms with Gasteiger partial charge in [0.15, 0.2) is 17.3 Å². The summed E-state index contributed by atoms with van der Waals surface area (Å²) in [5, 5.41) is 12.0. The Labute approximate surface area is 128 Å². The van der Waals surface area contributed by atoms with Crippen LogP contribution in [0.4, 0.5) is 0 Å². The summed E-state index contributed by atoms with van der Waals surface area (Å²) in [7, 11) is 2.07. The predicted octanol–water partition coefficient (Wildman–Crippen LogP) is 1.41. The first-order valence-electron chi connectivity index (χ1n) is 7.63. The smallest absolute Gasteiger partial charge is 0.165 e. The van der Waals surface area contributed by atoms with E-state index >= 15 is 0 Å². The molecule has 0 radical (unpaired) electrons. The van der Waals surface area contributed by atoms with Gasteiger partial charge in [0.25, 0.3) is 0 Å². The van der Waals surface area contributed by atoms with Crippen LogP contribution in [0.5, 0.6) is 11.5 Å². The minimum Gasteiger partial charge on any atom is -0.486 e. The average molecular weight is 301 g/mol. The SMILES string of the molecule is CN(Cc1ccc2c(c1)OCCO2)Cc1nnnn1C1CC1. The van der Waals surface area contributed by atoms with E-state index in [-0.39, 0.29) is 0 Å². The van der Waals surface area contributed by atoms with Gasteiger partial charge in [0.2, 0.25) is 0 Å². The van der Waals surface area contributed by atoms with Crippen LogP contribution in [0.3, 0.4) is 0 Å². The van der Waals surface area contributed by atoms with E-state index in [4.69, 9.17) is 9.47 Å². The van der Waals surface area contributed by atoms with Crippen molar-refractivity contribution in [3.63, 3.8) is 0 Å². The molecule has 4 rings (SSSR count). The van der Waals surface area contributed by atoms with Gasteiger partial charge < -0.3 is 9.47 Å². The molecule has 22 heavy (non-hydrogen) atoms. The third-order valence-electron chi connectivity index (χ3n) is 3.92. The second kappa shape index (κ2) is 5.57. The number of ether oxygens (including phenoxy) is 2. The number of fused-ring (bicyclic) bond motifs is 1. The lowest BCUT2D eigenvalue weighted by Crippen LogP contribution is -2.21. The topological polar surface area (TPSA) is 65.3 Å². The minimum absolute atomic E-state index is 0.507. The lowest BCUT2D eigenvalue weighted by molar-refractivity contribution is 0.171. The van der Waals surface area contributed by atoms with Crippen molar-refractivity contribution < 1.29 is 9.47 Å². The van der Waals surface area contributed by atoms with Crippen LogP contribution in [0.1, 0.15) is 30.3 Å². The van der Waals surface area contributed by atoms with Crippen molar-refractivity contribution in [1.29, 1.82) is 0 Å². The molecule has 0 spiro atoms. The van der Waals surface area contributed by atoms with E-state index in [9.17, 15) is 0 Å². The van der Waals surface area contributed by atoms with Crippen LogP contribution in [0.15, 0.2) is 18.2 Å². The molecule has 2 aliphatic rings. The van der Waals surface area contributed by atoms with E-state index in [1.165, 1.54) is 18.4 Å². The molecule has 1 aromatic carbocycles. The molecule has 1 saturated carbocycles. The molecule has 7 heteroatoms. The fourth-order valence-corrected chi connectivity index (χ4v) is 2.71. The van der Waals surface area contributed by atoms with Crippen molar-refractivity contribution in [3.8, 4) is 11.5 Å². The third kappa shape index (κ3) is 2.76. The Bertz CT molecular complexity index is 668. The lowest BCUT2D eigenvalue weighted by atomic mass is 10.2. The van der Waals surface area contributed by atoms with Crippen molar-refractivity contribution in [3.05, 3.63) is 29.6 Å². The summed E-state index contributed by atoms with van der Waals surface area (Å²) in [4.78, 5) is 2.20. The second-order valence-electron chi connectivity index (χ2n) is 5.92. The minimum atomic E-state index is 0.507. The third-order valence-corrected chi connectivity index (χ3v) is 3.92. The molecule has 1 aliphatic carbocycles. The van der Waals surface area contributed by atoms with E-state index in [0.717, 1.165) is 30.4 Å². The van der Waals surface area contributed by atoms with E-state index in [2.05, 4.69) is 39.6 Å². The summed E-state index contributed by atoms with van der Waals surface area (Å²) in [5.74, 6) is 2.60. The van der Waals surface area contributed by atoms with Crippen LogP contribution in [0, 0.1) is 0 Å². The predicted molar refractivity (Wildman–Crippen MR) is 78.7 cm³/mol. The molecule has 0 atom stereocenters. The van der Waals surface area contributed by atoms with Gasteiger partial charge in [-0.15, -0.1) is 5.10 Å². The zero-order chi connectivity index (χ0) is 14.9. The van der Waals surface area contributed by atoms with Gasteiger partial charge >= 0.3 is 0 Å². The van der Waals surface area contributed by atoms with Crippen molar-refractivity contribution in [2.75, 3.05) is 20.3 Å². The number of aromatic nitrogens is 4. The van der Waals surface area contributed by atoms with Crippen LogP contribution in [-0.4, -0.2) is 45.4 Å². The van der Waals surface area contributed by atoms with E-state index < -0.39 is 0 Å². The summed E-state index contributed by atoms with van der Waals surface area (Å²) >= 11 is 0. The fraction of sp³-hybridized carbons (Fsp3) is 0.533. The van der Waals surface area contributed by atoms with Gasteiger partial charge in [-0.3, -0.25) is 4.90 Å². The Kier molecular flexibility index (Phi) is 3.42. The van der Waals surface area contributed by atoms with Crippen LogP contribution in [0.2, 0.25) is 0 Å². The molecular weight excluding hydrogens is 282 g/mol. The number of benzene rings is 1. The standard InChI is InChI=1S/C15H19N5O2/c1-19(10-15-16-17-18-20(15)12-3-4-12)9-11-2-5-13-14(8-11)22-7-6-21-13/h2,5,8,12H,3-4,6-7,9-10H2,1H3. The normalized spacial score (nSPS) is 17.0. The van der Waals surface area contributed by atoms with Crippen LogP contribution < -0.4 is 9.47 Å². The molecule has 0 N–H and O–H groups in total. The fourth-order valence-electron chi connectivity index (χ4n) is 2.71. The molecule has 0 saturated heterocycles. The molecule has 116 valence electrons. The molecular formula is C15H19N5O2. The zero-order valence-corrected chi connectivity index (χ0v) is 12.6. The number of nitrogens with zero attached hydrogens (tertiary/aromatic N) is 5. The average Bonchev–Trinajstić information content (AvgIpc) is 3.27. The number of rotatable bonds is 5. The highest BCUT2D eigenvalue weighted by atomic mass is 16.6. The van der Waals surface area contributed by atoms with Gasteiger partial charge in [0.1, 0.15) is 13.2 Å². The van der Waals surface area contributed by atoms with Gasteiger partial charge in [-0.1, -0.05) is 6.07 Å². The van der Waals surface area contributed by atoms with Crippen molar-refractivity contribution in [2.24, 2.45) is 0 Å². The Balaban J connectivity index is 1.43. The second-order valence-corrected chi connectivity index (χ2v) is 5.92. The molecule has 1 fully saturated rings. The monoisotopic (exact) mass is 301 g/mol. The van der Waals surface area contributed by atoms with E-state index in [1.807, 2.05) is 10.7 Å². The van der Waals surface area contributed by atoms with Crippen molar-refractivity contribution >= 4 is 0 Å². The molecule has 0 bridgehead atoms. The Hall–Kier alpha value is -2.15. The maximum atomic E-state index is 5.63. The molecule has 2 aromatic rings. The summed E-state index contributed by atoms with van der Waals surface area (Å²) in [6.07, 6.45) is 2.37. The highest BCUT2D eigenvalue weighted by Gasteiger charge is 2.27. The van der Waals surface area contributed by atoms with Gasteiger partial charge in [-0.05, 0) is 48.0 Å². The Morgan fingerprint density at radius 2 is 2.00 bits per heavy atom. The van der Waals surface area contributed by atoms with Crippen molar-refractivity contribution in [2.45, 2.75) is 32.0 Å². The molecule has 0 amide bonds. The Morgan fingerprint density at radius 3 is 2.82 bits per heavy atom. The van der Waals surface area contributed by atoms with Crippen LogP contribution in [-0.2, 0) is 13.1 Å². The van der Waals surface area contributed by atoms with E-state index in [1.54, 1.807) is 0 Å².